The number of amides is 1. The number of nitro benzene ring substituents is 1. The smallest absolute Gasteiger partial charge is 0.300 e. The number of ketones is 1. The van der Waals surface area contributed by atoms with Crippen molar-refractivity contribution in [3.8, 4) is 5.75 Å². The van der Waals surface area contributed by atoms with Crippen molar-refractivity contribution < 1.29 is 24.4 Å². The Hall–Kier alpha value is -4.46. The SMILES string of the molecule is COc1ccccc1C1/C(=C(\O)c2ccc([N+](=O)[O-])cc2)C(=O)C(=O)N1c1ccc(C)c(C)c1. The lowest BCUT2D eigenvalue weighted by molar-refractivity contribution is -0.384. The summed E-state index contributed by atoms with van der Waals surface area (Å²) >= 11 is 0. The summed E-state index contributed by atoms with van der Waals surface area (Å²) in [7, 11) is 1.48. The summed E-state index contributed by atoms with van der Waals surface area (Å²) in [5, 5.41) is 22.2. The molecule has 3 aromatic rings. The number of hydrogen-bond donors (Lipinski definition) is 1. The lowest BCUT2D eigenvalue weighted by atomic mass is 9.94. The van der Waals surface area contributed by atoms with Crippen LogP contribution in [0.4, 0.5) is 11.4 Å². The largest absolute Gasteiger partial charge is 0.507 e. The summed E-state index contributed by atoms with van der Waals surface area (Å²) in [6.07, 6.45) is 0. The van der Waals surface area contributed by atoms with E-state index >= 15 is 0 Å². The van der Waals surface area contributed by atoms with Crippen LogP contribution in [0.5, 0.6) is 5.75 Å². The zero-order valence-electron chi connectivity index (χ0n) is 18.8. The first kappa shape index (κ1) is 22.7. The topological polar surface area (TPSA) is 110 Å². The number of para-hydroxylation sites is 1. The molecule has 1 amide bonds. The number of non-ortho nitro benzene ring substituents is 1. The van der Waals surface area contributed by atoms with Crippen LogP contribution in [0.1, 0.15) is 28.3 Å². The standard InChI is InChI=1S/C26H22N2O6/c1-15-8-11-19(14-16(15)2)27-23(20-6-4-5-7-21(20)34-3)22(25(30)26(27)31)24(29)17-9-12-18(13-10-17)28(32)33/h4-14,23,29H,1-3H3/b24-22+. The minimum Gasteiger partial charge on any atom is -0.507 e. The number of methoxy groups -OCH3 is 1. The van der Waals surface area contributed by atoms with E-state index in [1.165, 1.54) is 36.3 Å². The number of benzene rings is 3. The summed E-state index contributed by atoms with van der Waals surface area (Å²) < 4.78 is 5.50. The molecule has 8 heteroatoms. The number of rotatable bonds is 5. The molecule has 1 aliphatic rings. The Morgan fingerprint density at radius 3 is 2.29 bits per heavy atom. The summed E-state index contributed by atoms with van der Waals surface area (Å²) in [5.74, 6) is -1.62. The van der Waals surface area contributed by atoms with Crippen LogP contribution in [0.25, 0.3) is 5.76 Å². The van der Waals surface area contributed by atoms with Crippen molar-refractivity contribution in [1.82, 2.24) is 0 Å². The van der Waals surface area contributed by atoms with E-state index < -0.39 is 28.4 Å². The van der Waals surface area contributed by atoms with Gasteiger partial charge in [-0.05, 0) is 55.3 Å². The molecular weight excluding hydrogens is 436 g/mol. The minimum atomic E-state index is -0.964. The summed E-state index contributed by atoms with van der Waals surface area (Å²) in [4.78, 5) is 38.3. The number of carbonyl (C=O) groups is 2. The number of nitro groups is 1. The number of aryl methyl sites for hydroxylation is 2. The molecule has 1 fully saturated rings. The van der Waals surface area contributed by atoms with Crippen molar-refractivity contribution in [3.63, 3.8) is 0 Å². The fourth-order valence-corrected chi connectivity index (χ4v) is 4.06. The molecule has 3 aromatic carbocycles. The molecule has 172 valence electrons. The van der Waals surface area contributed by atoms with E-state index in [9.17, 15) is 24.8 Å². The molecule has 0 saturated carbocycles. The highest BCUT2D eigenvalue weighted by Gasteiger charge is 2.48. The Balaban J connectivity index is 1.96. The van der Waals surface area contributed by atoms with E-state index in [0.717, 1.165) is 11.1 Å². The van der Waals surface area contributed by atoms with E-state index in [0.29, 0.717) is 17.0 Å². The van der Waals surface area contributed by atoms with Gasteiger partial charge in [-0.15, -0.1) is 0 Å². The van der Waals surface area contributed by atoms with E-state index in [2.05, 4.69) is 0 Å². The van der Waals surface area contributed by atoms with Gasteiger partial charge in [-0.3, -0.25) is 24.6 Å². The molecule has 1 aliphatic heterocycles. The lowest BCUT2D eigenvalue weighted by Gasteiger charge is -2.27. The average molecular weight is 458 g/mol. The molecule has 34 heavy (non-hydrogen) atoms. The van der Waals surface area contributed by atoms with Gasteiger partial charge >= 0.3 is 0 Å². The van der Waals surface area contributed by atoms with E-state index in [1.807, 2.05) is 26.0 Å². The molecule has 4 rings (SSSR count). The second-order valence-corrected chi connectivity index (χ2v) is 7.98. The molecular formula is C26H22N2O6. The number of ether oxygens (including phenoxy) is 1. The van der Waals surface area contributed by atoms with Gasteiger partial charge in [0.15, 0.2) is 0 Å². The Labute approximate surface area is 195 Å². The zero-order valence-corrected chi connectivity index (χ0v) is 18.8. The fourth-order valence-electron chi connectivity index (χ4n) is 4.06. The highest BCUT2D eigenvalue weighted by atomic mass is 16.6. The first-order valence-electron chi connectivity index (χ1n) is 10.5. The van der Waals surface area contributed by atoms with Crippen LogP contribution in [0, 0.1) is 24.0 Å². The number of anilines is 1. The molecule has 0 aliphatic carbocycles. The molecule has 1 saturated heterocycles. The summed E-state index contributed by atoms with van der Waals surface area (Å²) in [6.45, 7) is 3.85. The molecule has 1 N–H and O–H groups in total. The van der Waals surface area contributed by atoms with E-state index in [4.69, 9.17) is 4.74 Å². The Morgan fingerprint density at radius 1 is 1.00 bits per heavy atom. The molecule has 1 atom stereocenters. The van der Waals surface area contributed by atoms with Crippen LogP contribution in [0.15, 0.2) is 72.3 Å². The predicted octanol–water partition coefficient (Wildman–Crippen LogP) is 4.85. The number of aliphatic hydroxyl groups is 1. The zero-order chi connectivity index (χ0) is 24.6. The van der Waals surface area contributed by atoms with Crippen LogP contribution in [-0.2, 0) is 9.59 Å². The van der Waals surface area contributed by atoms with E-state index in [1.54, 1.807) is 30.3 Å². The number of carbonyl (C=O) groups excluding carboxylic acids is 2. The van der Waals surface area contributed by atoms with Gasteiger partial charge in [-0.2, -0.15) is 0 Å². The second kappa shape index (κ2) is 8.82. The summed E-state index contributed by atoms with van der Waals surface area (Å²) in [5.41, 5.74) is 2.89. The maximum Gasteiger partial charge on any atom is 0.300 e. The number of aliphatic hydroxyl groups excluding tert-OH is 1. The summed E-state index contributed by atoms with van der Waals surface area (Å²) in [6, 6.07) is 16.6. The Kier molecular flexibility index (Phi) is 5.89. The molecule has 0 radical (unpaired) electrons. The second-order valence-electron chi connectivity index (χ2n) is 7.98. The number of nitrogens with zero attached hydrogens (tertiary/aromatic N) is 2. The molecule has 0 bridgehead atoms. The first-order valence-corrected chi connectivity index (χ1v) is 10.5. The maximum absolute atomic E-state index is 13.3. The Bertz CT molecular complexity index is 1340. The molecule has 0 aromatic heterocycles. The molecule has 1 unspecified atom stereocenters. The predicted molar refractivity (Wildman–Crippen MR) is 127 cm³/mol. The van der Waals surface area contributed by atoms with Crippen LogP contribution in [0.3, 0.4) is 0 Å². The fraction of sp³-hybridized carbons (Fsp3) is 0.154. The van der Waals surface area contributed by atoms with Crippen LogP contribution >= 0.6 is 0 Å². The molecule has 0 spiro atoms. The van der Waals surface area contributed by atoms with Crippen molar-refractivity contribution >= 4 is 28.8 Å². The third-order valence-corrected chi connectivity index (χ3v) is 6.00. The monoisotopic (exact) mass is 458 g/mol. The van der Waals surface area contributed by atoms with Crippen molar-refractivity contribution in [2.24, 2.45) is 0 Å². The van der Waals surface area contributed by atoms with Crippen molar-refractivity contribution in [1.29, 1.82) is 0 Å². The normalized spacial score (nSPS) is 17.1. The third-order valence-electron chi connectivity index (χ3n) is 6.00. The van der Waals surface area contributed by atoms with Crippen molar-refractivity contribution in [2.45, 2.75) is 19.9 Å². The molecule has 1 heterocycles. The number of hydrogen-bond acceptors (Lipinski definition) is 6. The van der Waals surface area contributed by atoms with Gasteiger partial charge in [0.05, 0.1) is 23.6 Å². The Morgan fingerprint density at radius 2 is 1.68 bits per heavy atom. The third kappa shape index (κ3) is 3.79. The lowest BCUT2D eigenvalue weighted by Crippen LogP contribution is -2.29. The van der Waals surface area contributed by atoms with Crippen LogP contribution in [0.2, 0.25) is 0 Å². The molecule has 8 nitrogen and oxygen atoms in total. The van der Waals surface area contributed by atoms with Gasteiger partial charge in [0.1, 0.15) is 11.5 Å². The first-order chi connectivity index (χ1) is 16.2. The highest BCUT2D eigenvalue weighted by molar-refractivity contribution is 6.51. The minimum absolute atomic E-state index is 0.124. The van der Waals surface area contributed by atoms with Gasteiger partial charge in [-0.25, -0.2) is 0 Å². The highest BCUT2D eigenvalue weighted by Crippen LogP contribution is 2.45. The van der Waals surface area contributed by atoms with Gasteiger partial charge in [0.2, 0.25) is 0 Å². The quantitative estimate of drug-likeness (QED) is 0.192. The van der Waals surface area contributed by atoms with Crippen LogP contribution in [-0.4, -0.2) is 28.8 Å². The van der Waals surface area contributed by atoms with Gasteiger partial charge < -0.3 is 9.84 Å². The van der Waals surface area contributed by atoms with Gasteiger partial charge in [0.25, 0.3) is 17.4 Å². The van der Waals surface area contributed by atoms with Crippen molar-refractivity contribution in [3.05, 3.63) is 105 Å². The van der Waals surface area contributed by atoms with E-state index in [-0.39, 0.29) is 16.8 Å². The average Bonchev–Trinajstić information content (AvgIpc) is 3.10. The van der Waals surface area contributed by atoms with Crippen molar-refractivity contribution in [2.75, 3.05) is 12.0 Å². The van der Waals surface area contributed by atoms with Gasteiger partial charge in [-0.1, -0.05) is 24.3 Å². The van der Waals surface area contributed by atoms with Gasteiger partial charge in [0, 0.05) is 28.9 Å². The number of Topliss-reactive ketones (excluding diaryl/α,β-unsaturated/α-hetero) is 1. The maximum atomic E-state index is 13.3. The van der Waals surface area contributed by atoms with Crippen LogP contribution < -0.4 is 9.64 Å².